The smallest absolute Gasteiger partial charge is 0.241 e. The summed E-state index contributed by atoms with van der Waals surface area (Å²) in [6, 6.07) is 13.2. The van der Waals surface area contributed by atoms with Crippen molar-refractivity contribution < 1.29 is 8.42 Å². The summed E-state index contributed by atoms with van der Waals surface area (Å²) in [5.41, 5.74) is 0. The number of nitrogens with one attached hydrogen (secondary N) is 4. The molecule has 188 valence electrons. The molecule has 1 aliphatic carbocycles. The van der Waals surface area contributed by atoms with E-state index < -0.39 is 10.0 Å². The summed E-state index contributed by atoms with van der Waals surface area (Å²) in [5.74, 6) is 2.46. The molecule has 1 saturated carbocycles. The Morgan fingerprint density at radius 1 is 0.857 bits per heavy atom. The molecule has 0 radical (unpaired) electrons. The van der Waals surface area contributed by atoms with E-state index in [2.05, 4.69) is 35.6 Å². The number of benzene rings is 2. The number of anilines is 3. The summed E-state index contributed by atoms with van der Waals surface area (Å²) in [6.07, 6.45) is 4.05. The van der Waals surface area contributed by atoms with Gasteiger partial charge in [-0.05, 0) is 62.8 Å². The van der Waals surface area contributed by atoms with E-state index in [1.165, 1.54) is 0 Å². The molecule has 9 nitrogen and oxygen atoms in total. The van der Waals surface area contributed by atoms with E-state index in [1.54, 1.807) is 19.2 Å². The zero-order valence-corrected chi connectivity index (χ0v) is 21.4. The number of fused-ring (bicyclic) bond motifs is 1. The molecule has 1 heterocycles. The van der Waals surface area contributed by atoms with Crippen LogP contribution in [0, 0.1) is 11.8 Å². The fourth-order valence-electron chi connectivity index (χ4n) is 4.50. The molecule has 0 spiro atoms. The molecule has 35 heavy (non-hydrogen) atoms. The SMILES string of the molecule is CNc1nc(NCC2CCC(CNS(=O)(=O)c3cccc4ccccc34)CC2)nc(NC(C)C)n1. The fourth-order valence-corrected chi connectivity index (χ4v) is 5.84. The van der Waals surface area contributed by atoms with Crippen molar-refractivity contribution in [3.63, 3.8) is 0 Å². The fraction of sp³-hybridized carbons (Fsp3) is 0.480. The predicted molar refractivity (Wildman–Crippen MR) is 141 cm³/mol. The van der Waals surface area contributed by atoms with Gasteiger partial charge in [0.25, 0.3) is 0 Å². The standard InChI is InChI=1S/C25H35N7O2S/c1-17(2)29-25-31-23(26-3)30-24(32-25)27-15-18-11-13-19(14-12-18)16-28-35(33,34)22-10-6-8-20-7-4-5-9-21(20)22/h4-10,17-19,28H,11-16H2,1-3H3,(H3,26,27,29,30,31,32). The van der Waals surface area contributed by atoms with Gasteiger partial charge in [-0.3, -0.25) is 0 Å². The third-order valence-corrected chi connectivity index (χ3v) is 7.87. The van der Waals surface area contributed by atoms with Gasteiger partial charge < -0.3 is 16.0 Å². The maximum absolute atomic E-state index is 13.0. The molecular weight excluding hydrogens is 462 g/mol. The summed E-state index contributed by atoms with van der Waals surface area (Å²) >= 11 is 0. The molecule has 2 aromatic carbocycles. The minimum Gasteiger partial charge on any atom is -0.357 e. The van der Waals surface area contributed by atoms with Crippen LogP contribution in [0.1, 0.15) is 39.5 Å². The first-order chi connectivity index (χ1) is 16.8. The average molecular weight is 498 g/mol. The number of aromatic nitrogens is 3. The van der Waals surface area contributed by atoms with Gasteiger partial charge in [-0.1, -0.05) is 36.4 Å². The molecule has 0 aliphatic heterocycles. The first-order valence-corrected chi connectivity index (χ1v) is 13.7. The minimum atomic E-state index is -3.56. The van der Waals surface area contributed by atoms with E-state index in [1.807, 2.05) is 44.2 Å². The molecule has 4 rings (SSSR count). The van der Waals surface area contributed by atoms with Crippen molar-refractivity contribution >= 4 is 38.6 Å². The molecule has 4 N–H and O–H groups in total. The second-order valence-corrected chi connectivity index (χ2v) is 11.2. The number of nitrogens with zero attached hydrogens (tertiary/aromatic N) is 3. The lowest BCUT2D eigenvalue weighted by Crippen LogP contribution is -2.32. The number of sulfonamides is 1. The van der Waals surface area contributed by atoms with E-state index in [0.29, 0.717) is 41.1 Å². The Kier molecular flexibility index (Phi) is 8.02. The van der Waals surface area contributed by atoms with Crippen LogP contribution in [0.4, 0.5) is 17.8 Å². The van der Waals surface area contributed by atoms with Crippen molar-refractivity contribution in [1.82, 2.24) is 19.7 Å². The summed E-state index contributed by atoms with van der Waals surface area (Å²) < 4.78 is 28.9. The largest absolute Gasteiger partial charge is 0.357 e. The van der Waals surface area contributed by atoms with E-state index in [-0.39, 0.29) is 6.04 Å². The highest BCUT2D eigenvalue weighted by atomic mass is 32.2. The highest BCUT2D eigenvalue weighted by molar-refractivity contribution is 7.89. The van der Waals surface area contributed by atoms with Crippen molar-refractivity contribution in [1.29, 1.82) is 0 Å². The molecule has 1 fully saturated rings. The Morgan fingerprint density at radius 2 is 1.49 bits per heavy atom. The molecule has 1 aromatic heterocycles. The molecule has 3 aromatic rings. The molecule has 10 heteroatoms. The third kappa shape index (κ3) is 6.58. The van der Waals surface area contributed by atoms with Gasteiger partial charge in [0.2, 0.25) is 27.9 Å². The van der Waals surface area contributed by atoms with Gasteiger partial charge in [0.15, 0.2) is 0 Å². The summed E-state index contributed by atoms with van der Waals surface area (Å²) in [6.45, 7) is 5.32. The van der Waals surface area contributed by atoms with E-state index >= 15 is 0 Å². The van der Waals surface area contributed by atoms with E-state index in [9.17, 15) is 8.42 Å². The van der Waals surface area contributed by atoms with Crippen LogP contribution >= 0.6 is 0 Å². The second-order valence-electron chi connectivity index (χ2n) is 9.45. The van der Waals surface area contributed by atoms with Gasteiger partial charge in [-0.2, -0.15) is 15.0 Å². The Morgan fingerprint density at radius 3 is 2.20 bits per heavy atom. The normalized spacial score (nSPS) is 18.5. The van der Waals surface area contributed by atoms with E-state index in [4.69, 9.17) is 0 Å². The van der Waals surface area contributed by atoms with Gasteiger partial charge in [0, 0.05) is 31.6 Å². The molecule has 1 aliphatic rings. The average Bonchev–Trinajstić information content (AvgIpc) is 2.86. The van der Waals surface area contributed by atoms with Gasteiger partial charge >= 0.3 is 0 Å². The van der Waals surface area contributed by atoms with Gasteiger partial charge in [-0.25, -0.2) is 13.1 Å². The van der Waals surface area contributed by atoms with Crippen LogP contribution in [0.25, 0.3) is 10.8 Å². The van der Waals surface area contributed by atoms with Crippen molar-refractivity contribution in [2.24, 2.45) is 11.8 Å². The first-order valence-electron chi connectivity index (χ1n) is 12.3. The molecule has 0 bridgehead atoms. The highest BCUT2D eigenvalue weighted by Crippen LogP contribution is 2.29. The van der Waals surface area contributed by atoms with Crippen molar-refractivity contribution in [3.8, 4) is 0 Å². The number of hydrogen-bond donors (Lipinski definition) is 4. The van der Waals surface area contributed by atoms with Gasteiger partial charge in [0.1, 0.15) is 0 Å². The van der Waals surface area contributed by atoms with Crippen LogP contribution in [-0.2, 0) is 10.0 Å². The summed E-state index contributed by atoms with van der Waals surface area (Å²) in [4.78, 5) is 13.6. The molecular formula is C25H35N7O2S. The monoisotopic (exact) mass is 497 g/mol. The van der Waals surface area contributed by atoms with Gasteiger partial charge in [-0.15, -0.1) is 0 Å². The topological polar surface area (TPSA) is 121 Å². The zero-order valence-electron chi connectivity index (χ0n) is 20.6. The molecule has 0 saturated heterocycles. The van der Waals surface area contributed by atoms with Crippen LogP contribution in [0.15, 0.2) is 47.4 Å². The lowest BCUT2D eigenvalue weighted by molar-refractivity contribution is 0.284. The van der Waals surface area contributed by atoms with Crippen LogP contribution < -0.4 is 20.7 Å². The number of hydrogen-bond acceptors (Lipinski definition) is 8. The zero-order chi connectivity index (χ0) is 24.8. The first kappa shape index (κ1) is 25.1. The Labute approximate surface area is 207 Å². The van der Waals surface area contributed by atoms with Crippen molar-refractivity contribution in [2.45, 2.75) is 50.5 Å². The Bertz CT molecular complexity index is 1240. The summed E-state index contributed by atoms with van der Waals surface area (Å²) in [5, 5.41) is 11.2. The predicted octanol–water partition coefficient (Wildman–Crippen LogP) is 4.08. The lowest BCUT2D eigenvalue weighted by Gasteiger charge is -2.28. The number of rotatable bonds is 10. The van der Waals surface area contributed by atoms with Crippen LogP contribution in [0.2, 0.25) is 0 Å². The lowest BCUT2D eigenvalue weighted by atomic mass is 9.82. The maximum atomic E-state index is 13.0. The molecule has 0 unspecified atom stereocenters. The Hall–Kier alpha value is -2.98. The van der Waals surface area contributed by atoms with Crippen LogP contribution in [0.3, 0.4) is 0 Å². The quantitative estimate of drug-likeness (QED) is 0.331. The van der Waals surface area contributed by atoms with Gasteiger partial charge in [0.05, 0.1) is 4.90 Å². The Balaban J connectivity index is 1.28. The maximum Gasteiger partial charge on any atom is 0.241 e. The highest BCUT2D eigenvalue weighted by Gasteiger charge is 2.24. The minimum absolute atomic E-state index is 0.225. The molecule has 0 atom stereocenters. The van der Waals surface area contributed by atoms with Crippen molar-refractivity contribution in [3.05, 3.63) is 42.5 Å². The van der Waals surface area contributed by atoms with Crippen LogP contribution in [0.5, 0.6) is 0 Å². The summed E-state index contributed by atoms with van der Waals surface area (Å²) in [7, 11) is -1.78. The third-order valence-electron chi connectivity index (χ3n) is 6.39. The van der Waals surface area contributed by atoms with E-state index in [0.717, 1.165) is 43.0 Å². The van der Waals surface area contributed by atoms with Crippen molar-refractivity contribution in [2.75, 3.05) is 36.1 Å². The molecule has 0 amide bonds. The second kappa shape index (κ2) is 11.2. The van der Waals surface area contributed by atoms with Crippen LogP contribution in [-0.4, -0.2) is 49.5 Å².